The molecule has 0 aliphatic carbocycles. The van der Waals surface area contributed by atoms with Crippen LogP contribution in [0.5, 0.6) is 0 Å². The van der Waals surface area contributed by atoms with Crippen LogP contribution in [-0.4, -0.2) is 48.4 Å². The molecule has 1 fully saturated rings. The predicted octanol–water partition coefficient (Wildman–Crippen LogP) is 2.91. The van der Waals surface area contributed by atoms with Crippen molar-refractivity contribution in [3.63, 3.8) is 0 Å². The van der Waals surface area contributed by atoms with Gasteiger partial charge in [0, 0.05) is 49.9 Å². The van der Waals surface area contributed by atoms with Crippen molar-refractivity contribution in [2.45, 2.75) is 13.1 Å². The lowest BCUT2D eigenvalue weighted by atomic mass is 10.2. The van der Waals surface area contributed by atoms with E-state index >= 15 is 0 Å². The first-order valence-corrected chi connectivity index (χ1v) is 9.17. The third-order valence-corrected chi connectivity index (χ3v) is 4.80. The van der Waals surface area contributed by atoms with Crippen LogP contribution in [0.15, 0.2) is 48.5 Å². The van der Waals surface area contributed by atoms with Crippen molar-refractivity contribution in [1.29, 1.82) is 0 Å². The topological polar surface area (TPSA) is 35.6 Å². The lowest BCUT2D eigenvalue weighted by Gasteiger charge is -2.34. The summed E-state index contributed by atoms with van der Waals surface area (Å²) in [6.07, 6.45) is 0. The summed E-state index contributed by atoms with van der Waals surface area (Å²) < 4.78 is 13.6. The minimum absolute atomic E-state index is 0.0726. The van der Waals surface area contributed by atoms with Crippen molar-refractivity contribution in [1.82, 2.24) is 15.1 Å². The Kier molecular flexibility index (Phi) is 6.61. The Morgan fingerprint density at radius 3 is 2.50 bits per heavy atom. The van der Waals surface area contributed by atoms with Crippen LogP contribution in [0.25, 0.3) is 0 Å². The number of hydrogen-bond donors (Lipinski definition) is 1. The third-order valence-electron chi connectivity index (χ3n) is 4.56. The average molecular weight is 376 g/mol. The fraction of sp³-hybridized carbons (Fsp3) is 0.350. The Labute approximate surface area is 158 Å². The summed E-state index contributed by atoms with van der Waals surface area (Å²) in [6, 6.07) is 14.4. The molecule has 3 rings (SSSR count). The Bertz CT molecular complexity index is 747. The fourth-order valence-electron chi connectivity index (χ4n) is 3.09. The molecule has 6 heteroatoms. The molecule has 2 aromatic carbocycles. The van der Waals surface area contributed by atoms with Gasteiger partial charge in [0.05, 0.1) is 6.54 Å². The maximum absolute atomic E-state index is 13.6. The average Bonchev–Trinajstić information content (AvgIpc) is 2.63. The molecule has 2 aromatic rings. The number of carbonyl (C=O) groups is 1. The maximum atomic E-state index is 13.6. The number of amides is 1. The number of hydrogen-bond acceptors (Lipinski definition) is 3. The van der Waals surface area contributed by atoms with E-state index in [0.29, 0.717) is 12.1 Å². The minimum Gasteiger partial charge on any atom is -0.351 e. The van der Waals surface area contributed by atoms with Gasteiger partial charge in [0.25, 0.3) is 0 Å². The monoisotopic (exact) mass is 375 g/mol. The third kappa shape index (κ3) is 5.53. The Morgan fingerprint density at radius 2 is 1.77 bits per heavy atom. The normalized spacial score (nSPS) is 15.8. The Morgan fingerprint density at radius 1 is 1.04 bits per heavy atom. The van der Waals surface area contributed by atoms with Crippen LogP contribution >= 0.6 is 11.6 Å². The highest BCUT2D eigenvalue weighted by atomic mass is 35.5. The van der Waals surface area contributed by atoms with E-state index in [1.165, 1.54) is 11.6 Å². The molecule has 0 bridgehead atoms. The lowest BCUT2D eigenvalue weighted by Crippen LogP contribution is -2.49. The first-order chi connectivity index (χ1) is 12.6. The fourth-order valence-corrected chi connectivity index (χ4v) is 3.31. The molecule has 4 nitrogen and oxygen atoms in total. The molecule has 1 N–H and O–H groups in total. The van der Waals surface area contributed by atoms with Gasteiger partial charge in [-0.25, -0.2) is 4.39 Å². The largest absolute Gasteiger partial charge is 0.351 e. The number of rotatable bonds is 6. The molecule has 0 atom stereocenters. The SMILES string of the molecule is O=C(CN1CCN(Cc2cccc(Cl)c2)CC1)NCc1ccccc1F. The highest BCUT2D eigenvalue weighted by Gasteiger charge is 2.19. The van der Waals surface area contributed by atoms with E-state index in [2.05, 4.69) is 21.2 Å². The molecule has 0 saturated carbocycles. The van der Waals surface area contributed by atoms with Gasteiger partial charge in [-0.2, -0.15) is 0 Å². The molecule has 0 aromatic heterocycles. The van der Waals surface area contributed by atoms with Gasteiger partial charge in [0.2, 0.25) is 5.91 Å². The van der Waals surface area contributed by atoms with Crippen molar-refractivity contribution >= 4 is 17.5 Å². The zero-order valence-electron chi connectivity index (χ0n) is 14.6. The summed E-state index contributed by atoms with van der Waals surface area (Å²) >= 11 is 6.03. The van der Waals surface area contributed by atoms with Crippen LogP contribution in [0.1, 0.15) is 11.1 Å². The number of nitrogens with one attached hydrogen (secondary N) is 1. The number of carbonyl (C=O) groups excluding carboxylic acids is 1. The van der Waals surface area contributed by atoms with Crippen LogP contribution in [0.4, 0.5) is 4.39 Å². The lowest BCUT2D eigenvalue weighted by molar-refractivity contribution is -0.122. The number of halogens is 2. The maximum Gasteiger partial charge on any atom is 0.234 e. The van der Waals surface area contributed by atoms with Gasteiger partial charge in [-0.3, -0.25) is 14.6 Å². The zero-order chi connectivity index (χ0) is 18.4. The molecular weight excluding hydrogens is 353 g/mol. The summed E-state index contributed by atoms with van der Waals surface area (Å²) in [7, 11) is 0. The van der Waals surface area contributed by atoms with E-state index in [1.807, 2.05) is 18.2 Å². The van der Waals surface area contributed by atoms with Crippen LogP contribution in [0, 0.1) is 5.82 Å². The first kappa shape index (κ1) is 18.8. The summed E-state index contributed by atoms with van der Waals surface area (Å²) in [6.45, 7) is 4.94. The van der Waals surface area contributed by atoms with Crippen LogP contribution in [0.2, 0.25) is 5.02 Å². The zero-order valence-corrected chi connectivity index (χ0v) is 15.4. The molecular formula is C20H23ClFN3O. The van der Waals surface area contributed by atoms with Crippen molar-refractivity contribution in [2.75, 3.05) is 32.7 Å². The molecule has 26 heavy (non-hydrogen) atoms. The van der Waals surface area contributed by atoms with Crippen molar-refractivity contribution in [3.05, 3.63) is 70.5 Å². The molecule has 1 aliphatic rings. The Hall–Kier alpha value is -1.95. The van der Waals surface area contributed by atoms with Gasteiger partial charge < -0.3 is 5.32 Å². The standard InChI is InChI=1S/C20H23ClFN3O/c21-18-6-3-4-16(12-18)14-24-8-10-25(11-9-24)15-20(26)23-13-17-5-1-2-7-19(17)22/h1-7,12H,8-11,13-15H2,(H,23,26). The van der Waals surface area contributed by atoms with Gasteiger partial charge in [-0.05, 0) is 23.8 Å². The molecule has 1 amide bonds. The van der Waals surface area contributed by atoms with Gasteiger partial charge in [0.15, 0.2) is 0 Å². The van der Waals surface area contributed by atoms with Gasteiger partial charge >= 0.3 is 0 Å². The van der Waals surface area contributed by atoms with E-state index in [9.17, 15) is 9.18 Å². The smallest absolute Gasteiger partial charge is 0.234 e. The van der Waals surface area contributed by atoms with Gasteiger partial charge in [-0.1, -0.05) is 41.9 Å². The van der Waals surface area contributed by atoms with E-state index in [1.54, 1.807) is 18.2 Å². The van der Waals surface area contributed by atoms with Gasteiger partial charge in [-0.15, -0.1) is 0 Å². The van der Waals surface area contributed by atoms with Crippen molar-refractivity contribution in [2.24, 2.45) is 0 Å². The summed E-state index contributed by atoms with van der Waals surface area (Å²) in [5.74, 6) is -0.362. The van der Waals surface area contributed by atoms with Crippen LogP contribution in [0.3, 0.4) is 0 Å². The van der Waals surface area contributed by atoms with E-state index in [4.69, 9.17) is 11.6 Å². The van der Waals surface area contributed by atoms with Crippen LogP contribution < -0.4 is 5.32 Å². The first-order valence-electron chi connectivity index (χ1n) is 8.79. The minimum atomic E-state index is -0.289. The molecule has 138 valence electrons. The number of piperazine rings is 1. The molecule has 0 radical (unpaired) electrons. The molecule has 1 heterocycles. The van der Waals surface area contributed by atoms with E-state index < -0.39 is 0 Å². The van der Waals surface area contributed by atoms with E-state index in [0.717, 1.165) is 37.7 Å². The highest BCUT2D eigenvalue weighted by Crippen LogP contribution is 2.14. The number of nitrogens with zero attached hydrogens (tertiary/aromatic N) is 2. The molecule has 0 spiro atoms. The predicted molar refractivity (Wildman–Crippen MR) is 101 cm³/mol. The Balaban J connectivity index is 1.39. The molecule has 1 saturated heterocycles. The van der Waals surface area contributed by atoms with E-state index in [-0.39, 0.29) is 18.3 Å². The number of benzene rings is 2. The second-order valence-electron chi connectivity index (χ2n) is 6.55. The summed E-state index contributed by atoms with van der Waals surface area (Å²) in [5.41, 5.74) is 1.71. The summed E-state index contributed by atoms with van der Waals surface area (Å²) in [5, 5.41) is 3.55. The molecule has 0 unspecified atom stereocenters. The van der Waals surface area contributed by atoms with Crippen molar-refractivity contribution < 1.29 is 9.18 Å². The second kappa shape index (κ2) is 9.12. The second-order valence-corrected chi connectivity index (χ2v) is 6.99. The van der Waals surface area contributed by atoms with Crippen molar-refractivity contribution in [3.8, 4) is 0 Å². The van der Waals surface area contributed by atoms with Crippen LogP contribution in [-0.2, 0) is 17.9 Å². The van der Waals surface area contributed by atoms with Gasteiger partial charge in [0.1, 0.15) is 5.82 Å². The quantitative estimate of drug-likeness (QED) is 0.843. The summed E-state index contributed by atoms with van der Waals surface area (Å²) in [4.78, 5) is 16.6. The highest BCUT2D eigenvalue weighted by molar-refractivity contribution is 6.30. The molecule has 1 aliphatic heterocycles.